The molecule has 1 nitrogen and oxygen atoms in total. The van der Waals surface area contributed by atoms with Crippen molar-refractivity contribution in [2.75, 3.05) is 0 Å². The summed E-state index contributed by atoms with van der Waals surface area (Å²) in [5.74, 6) is 1.81. The van der Waals surface area contributed by atoms with Crippen LogP contribution in [0.5, 0.6) is 11.5 Å². The van der Waals surface area contributed by atoms with Gasteiger partial charge in [0, 0.05) is 31.3 Å². The van der Waals surface area contributed by atoms with Gasteiger partial charge in [-0.25, -0.2) is 0 Å². The van der Waals surface area contributed by atoms with Gasteiger partial charge in [-0.15, -0.1) is 11.3 Å². The Balaban J connectivity index is 1.13. The van der Waals surface area contributed by atoms with Crippen molar-refractivity contribution in [1.29, 1.82) is 0 Å². The molecule has 0 saturated carbocycles. The van der Waals surface area contributed by atoms with Crippen LogP contribution in [-0.2, 0) is 5.41 Å². The van der Waals surface area contributed by atoms with Crippen LogP contribution in [0.4, 0.5) is 0 Å². The second kappa shape index (κ2) is 10.8. The molecule has 2 heterocycles. The molecular weight excluding hydrogens is 661 g/mol. The van der Waals surface area contributed by atoms with E-state index in [4.69, 9.17) is 4.74 Å². The van der Waals surface area contributed by atoms with Gasteiger partial charge in [-0.2, -0.15) is 0 Å². The highest BCUT2D eigenvalue weighted by molar-refractivity contribution is 7.26. The highest BCUT2D eigenvalue weighted by atomic mass is 32.1. The van der Waals surface area contributed by atoms with E-state index >= 15 is 0 Å². The zero-order chi connectivity index (χ0) is 34.7. The second-order valence-electron chi connectivity index (χ2n) is 14.3. The van der Waals surface area contributed by atoms with E-state index in [-0.39, 0.29) is 0 Å². The summed E-state index contributed by atoms with van der Waals surface area (Å²) >= 11 is 1.88. The maximum Gasteiger partial charge on any atom is 0.132 e. The van der Waals surface area contributed by atoms with E-state index < -0.39 is 5.41 Å². The minimum Gasteiger partial charge on any atom is -0.457 e. The standard InChI is InChI=1S/C51H30OS/c1-3-15-36-31(11-1)23-26-42-48(36)49-37-16-4-2-12-32(37)24-27-43(49)51(42)41-20-6-7-21-45(41)52-46-28-25-34(30-44(46)51)33-13-9-14-35(29-33)38-18-10-19-40-39-17-5-8-22-47(39)53-50(38)40/h1-30H. The molecule has 0 N–H and O–H groups in total. The molecule has 0 saturated heterocycles. The maximum absolute atomic E-state index is 6.83. The lowest BCUT2D eigenvalue weighted by Gasteiger charge is -2.39. The molecule has 1 spiro atoms. The van der Waals surface area contributed by atoms with Crippen molar-refractivity contribution in [3.63, 3.8) is 0 Å². The third kappa shape index (κ3) is 3.91. The first kappa shape index (κ1) is 29.1. The summed E-state index contributed by atoms with van der Waals surface area (Å²) in [5.41, 5.74) is 11.9. The Labute approximate surface area is 311 Å². The highest BCUT2D eigenvalue weighted by Gasteiger charge is 2.52. The Morgan fingerprint density at radius 1 is 0.377 bits per heavy atom. The highest BCUT2D eigenvalue weighted by Crippen LogP contribution is 2.64. The van der Waals surface area contributed by atoms with E-state index in [0.717, 1.165) is 11.5 Å². The summed E-state index contributed by atoms with van der Waals surface area (Å²) in [6.07, 6.45) is 0. The van der Waals surface area contributed by atoms with E-state index in [1.165, 1.54) is 97.4 Å². The lowest BCUT2D eigenvalue weighted by Crippen LogP contribution is -2.32. The van der Waals surface area contributed by atoms with E-state index in [1.54, 1.807) is 0 Å². The fourth-order valence-corrected chi connectivity index (χ4v) is 10.7. The molecule has 9 aromatic carbocycles. The van der Waals surface area contributed by atoms with Crippen LogP contribution in [-0.4, -0.2) is 0 Å². The monoisotopic (exact) mass is 690 g/mol. The van der Waals surface area contributed by atoms with E-state index in [2.05, 4.69) is 182 Å². The molecule has 2 aliphatic rings. The molecule has 1 aliphatic carbocycles. The van der Waals surface area contributed by atoms with Crippen LogP contribution in [0, 0.1) is 0 Å². The summed E-state index contributed by atoms with van der Waals surface area (Å²) in [6, 6.07) is 67.1. The fraction of sp³-hybridized carbons (Fsp3) is 0.0196. The molecule has 1 aliphatic heterocycles. The molecule has 0 unspecified atom stereocenters. The summed E-state index contributed by atoms with van der Waals surface area (Å²) in [6.45, 7) is 0. The van der Waals surface area contributed by atoms with Crippen LogP contribution in [0.2, 0.25) is 0 Å². The Morgan fingerprint density at radius 2 is 0.981 bits per heavy atom. The quantitative estimate of drug-likeness (QED) is 0.175. The topological polar surface area (TPSA) is 9.23 Å². The molecule has 12 rings (SSSR count). The first-order valence-corrected chi connectivity index (χ1v) is 19.1. The van der Waals surface area contributed by atoms with Crippen LogP contribution in [0.25, 0.3) is 75.1 Å². The Kier molecular flexibility index (Phi) is 5.92. The van der Waals surface area contributed by atoms with E-state index in [9.17, 15) is 0 Å². The smallest absolute Gasteiger partial charge is 0.132 e. The first-order valence-electron chi connectivity index (χ1n) is 18.3. The number of benzene rings is 9. The van der Waals surface area contributed by atoms with Gasteiger partial charge in [0.2, 0.25) is 0 Å². The lowest BCUT2D eigenvalue weighted by atomic mass is 9.65. The molecule has 0 radical (unpaired) electrons. The van der Waals surface area contributed by atoms with Gasteiger partial charge >= 0.3 is 0 Å². The average molecular weight is 691 g/mol. The minimum absolute atomic E-state index is 0.570. The average Bonchev–Trinajstić information content (AvgIpc) is 3.75. The van der Waals surface area contributed by atoms with Crippen LogP contribution in [0.3, 0.4) is 0 Å². The molecule has 246 valence electrons. The molecule has 53 heavy (non-hydrogen) atoms. The Hall–Kier alpha value is -6.48. The molecular formula is C51H30OS. The van der Waals surface area contributed by atoms with Crippen LogP contribution < -0.4 is 4.74 Å². The number of ether oxygens (including phenoxy) is 1. The lowest BCUT2D eigenvalue weighted by molar-refractivity contribution is 0.436. The molecule has 2 heteroatoms. The summed E-state index contributed by atoms with van der Waals surface area (Å²) in [4.78, 5) is 0. The predicted molar refractivity (Wildman–Crippen MR) is 223 cm³/mol. The Bertz CT molecular complexity index is 3080. The van der Waals surface area contributed by atoms with Crippen molar-refractivity contribution in [1.82, 2.24) is 0 Å². The van der Waals surface area contributed by atoms with Gasteiger partial charge in [-0.3, -0.25) is 0 Å². The summed E-state index contributed by atoms with van der Waals surface area (Å²) in [7, 11) is 0. The minimum atomic E-state index is -0.570. The zero-order valence-electron chi connectivity index (χ0n) is 28.6. The van der Waals surface area contributed by atoms with E-state index in [0.29, 0.717) is 0 Å². The van der Waals surface area contributed by atoms with Gasteiger partial charge < -0.3 is 4.74 Å². The largest absolute Gasteiger partial charge is 0.457 e. The number of hydrogen-bond acceptors (Lipinski definition) is 2. The molecule has 0 atom stereocenters. The Morgan fingerprint density at radius 3 is 1.77 bits per heavy atom. The number of hydrogen-bond donors (Lipinski definition) is 0. The van der Waals surface area contributed by atoms with Crippen molar-refractivity contribution in [3.05, 3.63) is 204 Å². The number of fused-ring (bicyclic) bond motifs is 16. The molecule has 1 aromatic heterocycles. The normalized spacial score (nSPS) is 13.6. The molecule has 10 aromatic rings. The SMILES string of the molecule is c1cc(-c2ccc3c(c2)C2(c4ccccc4O3)c3ccc4ccccc4c3-c3c2ccc2ccccc32)cc(-c2cccc3c2sc2ccccc23)c1. The molecule has 0 fully saturated rings. The van der Waals surface area contributed by atoms with Crippen LogP contribution in [0.15, 0.2) is 182 Å². The van der Waals surface area contributed by atoms with Gasteiger partial charge in [-0.1, -0.05) is 152 Å². The van der Waals surface area contributed by atoms with Gasteiger partial charge in [-0.05, 0) is 96.4 Å². The van der Waals surface area contributed by atoms with Gasteiger partial charge in [0.25, 0.3) is 0 Å². The summed E-state index contributed by atoms with van der Waals surface area (Å²) in [5, 5.41) is 7.71. The molecule has 0 amide bonds. The predicted octanol–water partition coefficient (Wildman–Crippen LogP) is 14.2. The maximum atomic E-state index is 6.83. The van der Waals surface area contributed by atoms with Gasteiger partial charge in [0.15, 0.2) is 0 Å². The van der Waals surface area contributed by atoms with Crippen LogP contribution >= 0.6 is 11.3 Å². The second-order valence-corrected chi connectivity index (χ2v) is 15.4. The van der Waals surface area contributed by atoms with Crippen molar-refractivity contribution >= 4 is 53.1 Å². The van der Waals surface area contributed by atoms with Crippen molar-refractivity contribution < 1.29 is 4.74 Å². The third-order valence-corrected chi connectivity index (χ3v) is 12.9. The first-order chi connectivity index (χ1) is 26.3. The fourth-order valence-electron chi connectivity index (χ4n) is 9.49. The van der Waals surface area contributed by atoms with Gasteiger partial charge in [0.05, 0.1) is 5.41 Å². The summed E-state index contributed by atoms with van der Waals surface area (Å²) < 4.78 is 9.49. The van der Waals surface area contributed by atoms with E-state index in [1.807, 2.05) is 11.3 Å². The van der Waals surface area contributed by atoms with Crippen LogP contribution in [0.1, 0.15) is 22.3 Å². The number of rotatable bonds is 2. The zero-order valence-corrected chi connectivity index (χ0v) is 29.5. The van der Waals surface area contributed by atoms with Crippen molar-refractivity contribution in [3.8, 4) is 44.9 Å². The van der Waals surface area contributed by atoms with Crippen molar-refractivity contribution in [2.24, 2.45) is 0 Å². The molecule has 0 bridgehead atoms. The third-order valence-electron chi connectivity index (χ3n) is 11.7. The van der Waals surface area contributed by atoms with Gasteiger partial charge in [0.1, 0.15) is 11.5 Å². The number of thiophene rings is 1. The number of para-hydroxylation sites is 1. The van der Waals surface area contributed by atoms with Crippen molar-refractivity contribution in [2.45, 2.75) is 5.41 Å².